The fraction of sp³-hybridized carbons (Fsp3) is 0.562. The van der Waals surface area contributed by atoms with E-state index >= 15 is 0 Å². The molecular weight excluding hydrogens is 254 g/mol. The molecule has 1 aliphatic heterocycles. The Morgan fingerprint density at radius 2 is 2.05 bits per heavy atom. The van der Waals surface area contributed by atoms with Crippen LogP contribution in [-0.2, 0) is 4.79 Å². The van der Waals surface area contributed by atoms with Gasteiger partial charge in [0.1, 0.15) is 11.8 Å². The van der Waals surface area contributed by atoms with Gasteiger partial charge in [-0.3, -0.25) is 9.69 Å². The lowest BCUT2D eigenvalue weighted by molar-refractivity contribution is -0.142. The van der Waals surface area contributed by atoms with E-state index in [1.54, 1.807) is 0 Å². The van der Waals surface area contributed by atoms with E-state index < -0.39 is 5.97 Å². The van der Waals surface area contributed by atoms with Gasteiger partial charge in [0, 0.05) is 6.54 Å². The molecule has 4 nitrogen and oxygen atoms in total. The predicted octanol–water partition coefficient (Wildman–Crippen LogP) is 2.62. The normalized spacial score (nSPS) is 19.2. The average Bonchev–Trinajstić information content (AvgIpc) is 2.82. The van der Waals surface area contributed by atoms with Crippen molar-refractivity contribution in [2.75, 3.05) is 19.7 Å². The van der Waals surface area contributed by atoms with Gasteiger partial charge in [0.2, 0.25) is 0 Å². The Labute approximate surface area is 120 Å². The molecule has 0 aliphatic carbocycles. The van der Waals surface area contributed by atoms with E-state index in [0.29, 0.717) is 6.61 Å². The van der Waals surface area contributed by atoms with Gasteiger partial charge in [-0.1, -0.05) is 6.07 Å². The van der Waals surface area contributed by atoms with E-state index in [4.69, 9.17) is 9.84 Å². The number of carboxylic acid groups (broad SMARTS) is 1. The minimum Gasteiger partial charge on any atom is -0.494 e. The van der Waals surface area contributed by atoms with Gasteiger partial charge in [-0.05, 0) is 62.9 Å². The van der Waals surface area contributed by atoms with Crippen molar-refractivity contribution >= 4 is 5.97 Å². The van der Waals surface area contributed by atoms with Crippen LogP contribution < -0.4 is 4.74 Å². The van der Waals surface area contributed by atoms with E-state index in [1.165, 1.54) is 11.1 Å². The lowest BCUT2D eigenvalue weighted by Crippen LogP contribution is -2.36. The number of carboxylic acids is 1. The monoisotopic (exact) mass is 277 g/mol. The van der Waals surface area contributed by atoms with Gasteiger partial charge in [-0.2, -0.15) is 0 Å². The van der Waals surface area contributed by atoms with Crippen LogP contribution in [0.1, 0.15) is 30.4 Å². The number of hydrogen-bond acceptors (Lipinski definition) is 3. The summed E-state index contributed by atoms with van der Waals surface area (Å²) in [5, 5.41) is 9.11. The zero-order valence-electron chi connectivity index (χ0n) is 12.3. The van der Waals surface area contributed by atoms with Crippen LogP contribution in [0, 0.1) is 13.8 Å². The molecule has 1 N–H and O–H groups in total. The molecule has 1 aromatic carbocycles. The summed E-state index contributed by atoms with van der Waals surface area (Å²) < 4.78 is 5.75. The van der Waals surface area contributed by atoms with E-state index in [2.05, 4.69) is 19.9 Å². The van der Waals surface area contributed by atoms with E-state index in [0.717, 1.165) is 38.1 Å². The predicted molar refractivity (Wildman–Crippen MR) is 78.3 cm³/mol. The maximum absolute atomic E-state index is 11.1. The average molecular weight is 277 g/mol. The smallest absolute Gasteiger partial charge is 0.320 e. The van der Waals surface area contributed by atoms with Crippen LogP contribution in [0.4, 0.5) is 0 Å². The fourth-order valence-electron chi connectivity index (χ4n) is 2.85. The second-order valence-corrected chi connectivity index (χ2v) is 5.56. The van der Waals surface area contributed by atoms with Gasteiger partial charge in [0.15, 0.2) is 0 Å². The molecule has 0 saturated carbocycles. The Bertz CT molecular complexity index is 453. The lowest BCUT2D eigenvalue weighted by Gasteiger charge is -2.20. The highest BCUT2D eigenvalue weighted by Gasteiger charge is 2.29. The molecule has 0 aromatic heterocycles. The maximum Gasteiger partial charge on any atom is 0.320 e. The lowest BCUT2D eigenvalue weighted by atomic mass is 10.1. The van der Waals surface area contributed by atoms with Gasteiger partial charge in [0.05, 0.1) is 6.61 Å². The van der Waals surface area contributed by atoms with Crippen molar-refractivity contribution in [2.24, 2.45) is 0 Å². The summed E-state index contributed by atoms with van der Waals surface area (Å²) in [5.41, 5.74) is 2.40. The number of hydrogen-bond donors (Lipinski definition) is 1. The summed E-state index contributed by atoms with van der Waals surface area (Å²) >= 11 is 0. The number of ether oxygens (including phenoxy) is 1. The van der Waals surface area contributed by atoms with Crippen LogP contribution in [0.2, 0.25) is 0 Å². The molecule has 0 spiro atoms. The van der Waals surface area contributed by atoms with Gasteiger partial charge >= 0.3 is 5.97 Å². The summed E-state index contributed by atoms with van der Waals surface area (Å²) in [4.78, 5) is 13.1. The van der Waals surface area contributed by atoms with Crippen LogP contribution in [-0.4, -0.2) is 41.7 Å². The van der Waals surface area contributed by atoms with Gasteiger partial charge in [0.25, 0.3) is 0 Å². The minimum absolute atomic E-state index is 0.295. The van der Waals surface area contributed by atoms with E-state index in [1.807, 2.05) is 17.0 Å². The zero-order valence-corrected chi connectivity index (χ0v) is 12.3. The third kappa shape index (κ3) is 3.97. The Hall–Kier alpha value is -1.55. The van der Waals surface area contributed by atoms with Crippen molar-refractivity contribution in [1.29, 1.82) is 0 Å². The molecule has 20 heavy (non-hydrogen) atoms. The van der Waals surface area contributed by atoms with E-state index in [-0.39, 0.29) is 6.04 Å². The van der Waals surface area contributed by atoms with Crippen LogP contribution in [0.15, 0.2) is 18.2 Å². The van der Waals surface area contributed by atoms with Gasteiger partial charge in [-0.25, -0.2) is 0 Å². The second-order valence-electron chi connectivity index (χ2n) is 5.56. The second kappa shape index (κ2) is 6.75. The van der Waals surface area contributed by atoms with Crippen molar-refractivity contribution in [3.8, 4) is 5.75 Å². The largest absolute Gasteiger partial charge is 0.494 e. The maximum atomic E-state index is 11.1. The van der Waals surface area contributed by atoms with Gasteiger partial charge in [-0.15, -0.1) is 0 Å². The van der Waals surface area contributed by atoms with Crippen molar-refractivity contribution in [3.63, 3.8) is 0 Å². The van der Waals surface area contributed by atoms with Crippen molar-refractivity contribution in [3.05, 3.63) is 29.3 Å². The number of aliphatic carboxylic acids is 1. The molecule has 1 aliphatic rings. The number of carbonyl (C=O) groups is 1. The molecule has 1 aromatic rings. The molecule has 1 fully saturated rings. The first-order chi connectivity index (χ1) is 9.56. The molecule has 4 heteroatoms. The highest BCUT2D eigenvalue weighted by atomic mass is 16.5. The van der Waals surface area contributed by atoms with Crippen LogP contribution in [0.3, 0.4) is 0 Å². The fourth-order valence-corrected chi connectivity index (χ4v) is 2.85. The third-order valence-electron chi connectivity index (χ3n) is 3.70. The zero-order chi connectivity index (χ0) is 14.5. The molecule has 0 unspecified atom stereocenters. The summed E-state index contributed by atoms with van der Waals surface area (Å²) in [5.74, 6) is 0.205. The standard InChI is InChI=1S/C16H23NO3/c1-12-9-13(2)11-14(10-12)20-8-4-7-17-6-3-5-15(17)16(18)19/h9-11,15H,3-8H2,1-2H3,(H,18,19)/t15-/m1/s1. The molecule has 0 radical (unpaired) electrons. The molecule has 1 saturated heterocycles. The first-order valence-electron chi connectivity index (χ1n) is 7.24. The molecule has 1 atom stereocenters. The topological polar surface area (TPSA) is 49.8 Å². The molecule has 110 valence electrons. The molecule has 2 rings (SSSR count). The Morgan fingerprint density at radius 1 is 1.35 bits per heavy atom. The van der Waals surface area contributed by atoms with Crippen LogP contribution in [0.5, 0.6) is 5.75 Å². The number of aryl methyl sites for hydroxylation is 2. The molecule has 0 bridgehead atoms. The first-order valence-corrected chi connectivity index (χ1v) is 7.24. The summed E-state index contributed by atoms with van der Waals surface area (Å²) in [6.07, 6.45) is 2.61. The first kappa shape index (κ1) is 14.9. The van der Waals surface area contributed by atoms with Crippen LogP contribution >= 0.6 is 0 Å². The molecule has 1 heterocycles. The quantitative estimate of drug-likeness (QED) is 0.812. The molecular formula is C16H23NO3. The highest BCUT2D eigenvalue weighted by Crippen LogP contribution is 2.19. The Kier molecular flexibility index (Phi) is 5.01. The Morgan fingerprint density at radius 3 is 2.70 bits per heavy atom. The summed E-state index contributed by atoms with van der Waals surface area (Å²) in [6.45, 7) is 6.43. The number of nitrogens with zero attached hydrogens (tertiary/aromatic N) is 1. The number of benzene rings is 1. The minimum atomic E-state index is -0.697. The number of rotatable bonds is 6. The number of likely N-dealkylation sites (tertiary alicyclic amines) is 1. The van der Waals surface area contributed by atoms with Crippen molar-refractivity contribution < 1.29 is 14.6 Å². The Balaban J connectivity index is 1.75. The van der Waals surface area contributed by atoms with Crippen LogP contribution in [0.25, 0.3) is 0 Å². The molecule has 0 amide bonds. The van der Waals surface area contributed by atoms with E-state index in [9.17, 15) is 4.79 Å². The van der Waals surface area contributed by atoms with Crippen molar-refractivity contribution in [2.45, 2.75) is 39.2 Å². The third-order valence-corrected chi connectivity index (χ3v) is 3.70. The van der Waals surface area contributed by atoms with Gasteiger partial charge < -0.3 is 9.84 Å². The SMILES string of the molecule is Cc1cc(C)cc(OCCCN2CCC[C@@H]2C(=O)O)c1. The van der Waals surface area contributed by atoms with Crippen molar-refractivity contribution in [1.82, 2.24) is 4.90 Å². The summed E-state index contributed by atoms with van der Waals surface area (Å²) in [7, 11) is 0. The highest BCUT2D eigenvalue weighted by molar-refractivity contribution is 5.73. The summed E-state index contributed by atoms with van der Waals surface area (Å²) in [6, 6.07) is 5.89.